The SMILES string of the molecule is CCOC(=O)C1=C(C)N=c2s/c(=C\c3cc(Br)ccc3OCc3ccc(Br)cc3)c(=O)n2[C@@H]1c1ccc(OC(C)C)c(OC)c1. The second-order valence-corrected chi connectivity index (χ2v) is 13.3. The van der Waals surface area contributed by atoms with Gasteiger partial charge in [0.2, 0.25) is 0 Å². The van der Waals surface area contributed by atoms with E-state index in [0.29, 0.717) is 44.4 Å². The summed E-state index contributed by atoms with van der Waals surface area (Å²) < 4.78 is 27.0. The van der Waals surface area contributed by atoms with Gasteiger partial charge >= 0.3 is 5.97 Å². The van der Waals surface area contributed by atoms with Crippen molar-refractivity contribution in [2.24, 2.45) is 4.99 Å². The Labute approximate surface area is 281 Å². The summed E-state index contributed by atoms with van der Waals surface area (Å²) in [5, 5.41) is 0. The lowest BCUT2D eigenvalue weighted by atomic mass is 9.95. The van der Waals surface area contributed by atoms with Crippen LogP contribution >= 0.6 is 43.2 Å². The molecule has 3 aromatic carbocycles. The van der Waals surface area contributed by atoms with Crippen molar-refractivity contribution < 1.29 is 23.7 Å². The summed E-state index contributed by atoms with van der Waals surface area (Å²) in [6.45, 7) is 7.90. The Kier molecular flexibility index (Phi) is 10.3. The average molecular weight is 757 g/mol. The number of allylic oxidation sites excluding steroid dienone is 1. The molecule has 0 amide bonds. The zero-order valence-corrected chi connectivity index (χ0v) is 29.4. The largest absolute Gasteiger partial charge is 0.493 e. The van der Waals surface area contributed by atoms with Crippen molar-refractivity contribution in [2.75, 3.05) is 13.7 Å². The molecular formula is C34H32Br2N2O6S. The molecule has 0 N–H and O–H groups in total. The van der Waals surface area contributed by atoms with Crippen LogP contribution in [0.3, 0.4) is 0 Å². The minimum Gasteiger partial charge on any atom is -0.493 e. The first-order valence-electron chi connectivity index (χ1n) is 14.3. The number of esters is 1. The van der Waals surface area contributed by atoms with Crippen molar-refractivity contribution in [1.82, 2.24) is 4.57 Å². The van der Waals surface area contributed by atoms with Gasteiger partial charge in [-0.3, -0.25) is 9.36 Å². The van der Waals surface area contributed by atoms with Gasteiger partial charge in [0.05, 0.1) is 41.7 Å². The second kappa shape index (κ2) is 14.2. The van der Waals surface area contributed by atoms with Crippen LogP contribution in [0.2, 0.25) is 0 Å². The predicted octanol–water partition coefficient (Wildman–Crippen LogP) is 6.70. The van der Waals surface area contributed by atoms with E-state index in [1.165, 1.54) is 11.3 Å². The minimum absolute atomic E-state index is 0.0681. The molecular weight excluding hydrogens is 724 g/mol. The van der Waals surface area contributed by atoms with Crippen molar-refractivity contribution in [1.29, 1.82) is 0 Å². The smallest absolute Gasteiger partial charge is 0.338 e. The standard InChI is InChI=1S/C34H32Br2N2O6S/c1-6-42-33(40)30-20(4)37-34-38(31(30)22-9-13-27(44-19(2)3)28(16-22)41-5)32(39)29(45-34)17-23-15-25(36)12-14-26(23)43-18-21-7-10-24(35)11-8-21/h7-17,19,31H,6,18H2,1-5H3/b29-17-/t31-/m1/s1. The summed E-state index contributed by atoms with van der Waals surface area (Å²) in [6.07, 6.45) is 1.73. The van der Waals surface area contributed by atoms with Crippen LogP contribution in [0, 0.1) is 0 Å². The number of carbonyl (C=O) groups is 1. The van der Waals surface area contributed by atoms with Gasteiger partial charge in [-0.05, 0) is 87.4 Å². The van der Waals surface area contributed by atoms with Crippen LogP contribution in [-0.2, 0) is 16.1 Å². The van der Waals surface area contributed by atoms with Crippen LogP contribution in [-0.4, -0.2) is 30.4 Å². The molecule has 2 heterocycles. The second-order valence-electron chi connectivity index (χ2n) is 10.5. The summed E-state index contributed by atoms with van der Waals surface area (Å²) in [5.74, 6) is 1.14. The highest BCUT2D eigenvalue weighted by Crippen LogP contribution is 2.36. The van der Waals surface area contributed by atoms with Gasteiger partial charge in [-0.25, -0.2) is 9.79 Å². The number of aromatic nitrogens is 1. The van der Waals surface area contributed by atoms with Crippen LogP contribution < -0.4 is 29.1 Å². The lowest BCUT2D eigenvalue weighted by Gasteiger charge is -2.25. The number of carbonyl (C=O) groups excluding carboxylic acids is 1. The molecule has 0 spiro atoms. The predicted molar refractivity (Wildman–Crippen MR) is 182 cm³/mol. The molecule has 1 aromatic heterocycles. The third-order valence-corrected chi connectivity index (χ3v) is 8.95. The monoisotopic (exact) mass is 754 g/mol. The Hall–Kier alpha value is -3.67. The van der Waals surface area contributed by atoms with E-state index in [9.17, 15) is 9.59 Å². The summed E-state index contributed by atoms with van der Waals surface area (Å²) in [4.78, 5) is 32.7. The number of ether oxygens (including phenoxy) is 4. The number of hydrogen-bond donors (Lipinski definition) is 0. The van der Waals surface area contributed by atoms with Gasteiger partial charge in [-0.2, -0.15) is 0 Å². The molecule has 0 aliphatic carbocycles. The maximum absolute atomic E-state index is 14.2. The fourth-order valence-corrected chi connectivity index (χ4v) is 6.64. The van der Waals surface area contributed by atoms with Crippen molar-refractivity contribution >= 4 is 55.2 Å². The molecule has 1 aliphatic heterocycles. The highest BCUT2D eigenvalue weighted by Gasteiger charge is 2.34. The number of thiazole rings is 1. The van der Waals surface area contributed by atoms with Crippen molar-refractivity contribution in [3.8, 4) is 17.2 Å². The quantitative estimate of drug-likeness (QED) is 0.168. The lowest BCUT2D eigenvalue weighted by molar-refractivity contribution is -0.139. The molecule has 8 nitrogen and oxygen atoms in total. The number of rotatable bonds is 10. The lowest BCUT2D eigenvalue weighted by Crippen LogP contribution is -2.40. The number of hydrogen-bond acceptors (Lipinski definition) is 8. The molecule has 0 fully saturated rings. The Morgan fingerprint density at radius 1 is 1.02 bits per heavy atom. The highest BCUT2D eigenvalue weighted by molar-refractivity contribution is 9.10. The number of methoxy groups -OCH3 is 1. The average Bonchev–Trinajstić information content (AvgIpc) is 3.30. The molecule has 11 heteroatoms. The number of nitrogens with zero attached hydrogens (tertiary/aromatic N) is 2. The number of fused-ring (bicyclic) bond motifs is 1. The number of halogens is 2. The normalized spacial score (nSPS) is 14.7. The van der Waals surface area contributed by atoms with Crippen LogP contribution in [0.5, 0.6) is 17.2 Å². The maximum atomic E-state index is 14.2. The van der Waals surface area contributed by atoms with Gasteiger partial charge in [-0.1, -0.05) is 61.4 Å². The van der Waals surface area contributed by atoms with Crippen molar-refractivity contribution in [3.05, 3.63) is 117 Å². The Morgan fingerprint density at radius 2 is 1.73 bits per heavy atom. The van der Waals surface area contributed by atoms with Gasteiger partial charge in [-0.15, -0.1) is 0 Å². The van der Waals surface area contributed by atoms with E-state index in [2.05, 4.69) is 31.9 Å². The summed E-state index contributed by atoms with van der Waals surface area (Å²) in [6, 6.07) is 18.2. The molecule has 0 bridgehead atoms. The van der Waals surface area contributed by atoms with E-state index in [-0.39, 0.29) is 23.8 Å². The van der Waals surface area contributed by atoms with E-state index < -0.39 is 12.0 Å². The summed E-state index contributed by atoms with van der Waals surface area (Å²) in [5.41, 5.74) is 2.87. The number of benzene rings is 3. The van der Waals surface area contributed by atoms with Crippen molar-refractivity contribution in [2.45, 2.75) is 46.4 Å². The molecule has 0 saturated carbocycles. The van der Waals surface area contributed by atoms with Crippen LogP contribution in [0.4, 0.5) is 0 Å². The van der Waals surface area contributed by atoms with Crippen LogP contribution in [0.15, 0.2) is 90.7 Å². The molecule has 1 atom stereocenters. The van der Waals surface area contributed by atoms with Gasteiger partial charge in [0.25, 0.3) is 5.56 Å². The minimum atomic E-state index is -0.792. The third-order valence-electron chi connectivity index (χ3n) is 6.95. The molecule has 5 rings (SSSR count). The molecule has 4 aromatic rings. The Bertz CT molecular complexity index is 1950. The zero-order chi connectivity index (χ0) is 32.2. The van der Waals surface area contributed by atoms with Gasteiger partial charge in [0, 0.05) is 14.5 Å². The maximum Gasteiger partial charge on any atom is 0.338 e. The fraction of sp³-hybridized carbons (Fsp3) is 0.265. The van der Waals surface area contributed by atoms with E-state index in [0.717, 1.165) is 20.1 Å². The first-order chi connectivity index (χ1) is 21.6. The Balaban J connectivity index is 1.63. The highest BCUT2D eigenvalue weighted by atomic mass is 79.9. The van der Waals surface area contributed by atoms with Gasteiger partial charge in [0.1, 0.15) is 12.4 Å². The fourth-order valence-electron chi connectivity index (χ4n) is 4.96. The molecule has 1 aliphatic rings. The Morgan fingerprint density at radius 3 is 2.42 bits per heavy atom. The third kappa shape index (κ3) is 7.26. The zero-order valence-electron chi connectivity index (χ0n) is 25.4. The molecule has 0 radical (unpaired) electrons. The topological polar surface area (TPSA) is 88.4 Å². The van der Waals surface area contributed by atoms with Crippen molar-refractivity contribution in [3.63, 3.8) is 0 Å². The first-order valence-corrected chi connectivity index (χ1v) is 16.7. The van der Waals surface area contributed by atoms with Crippen LogP contribution in [0.1, 0.15) is 50.4 Å². The summed E-state index contributed by atoms with van der Waals surface area (Å²) >= 11 is 8.26. The van der Waals surface area contributed by atoms with Gasteiger partial charge < -0.3 is 18.9 Å². The molecule has 234 valence electrons. The van der Waals surface area contributed by atoms with E-state index in [1.807, 2.05) is 62.4 Å². The molecule has 0 unspecified atom stereocenters. The van der Waals surface area contributed by atoms with Crippen LogP contribution in [0.25, 0.3) is 6.08 Å². The van der Waals surface area contributed by atoms with E-state index in [4.69, 9.17) is 23.9 Å². The van der Waals surface area contributed by atoms with E-state index >= 15 is 0 Å². The summed E-state index contributed by atoms with van der Waals surface area (Å²) in [7, 11) is 1.56. The molecule has 45 heavy (non-hydrogen) atoms. The first kappa shape index (κ1) is 32.7. The molecule has 0 saturated heterocycles. The van der Waals surface area contributed by atoms with E-state index in [1.54, 1.807) is 43.7 Å². The van der Waals surface area contributed by atoms with Gasteiger partial charge in [0.15, 0.2) is 16.3 Å².